The zero-order valence-electron chi connectivity index (χ0n) is 16.1. The van der Waals surface area contributed by atoms with Gasteiger partial charge in [0.15, 0.2) is 18.5 Å². The van der Waals surface area contributed by atoms with Crippen molar-refractivity contribution in [3.05, 3.63) is 30.1 Å². The van der Waals surface area contributed by atoms with Crippen molar-refractivity contribution < 1.29 is 38.3 Å². The Morgan fingerprint density at radius 2 is 1.75 bits per heavy atom. The van der Waals surface area contributed by atoms with Crippen molar-refractivity contribution in [3.63, 3.8) is 0 Å². The number of nitrogens with two attached hydrogens (primary N) is 1. The second-order valence-corrected chi connectivity index (χ2v) is 6.56. The fourth-order valence-electron chi connectivity index (χ4n) is 2.99. The predicted octanol–water partition coefficient (Wildman–Crippen LogP) is 0.386. The van der Waals surface area contributed by atoms with Gasteiger partial charge in [-0.3, -0.25) is 14.4 Å². The molecule has 4 atom stereocenters. The van der Waals surface area contributed by atoms with Gasteiger partial charge in [0.05, 0.1) is 6.61 Å². The third kappa shape index (κ3) is 5.26. The van der Waals surface area contributed by atoms with E-state index < -0.39 is 49.0 Å². The van der Waals surface area contributed by atoms with Gasteiger partial charge in [-0.2, -0.15) is 4.57 Å². The first-order chi connectivity index (χ1) is 13.4. The average Bonchev–Trinajstić information content (AvgIpc) is 2.99. The number of primary amides is 1. The molecule has 1 aromatic rings. The van der Waals surface area contributed by atoms with Crippen LogP contribution in [0.2, 0.25) is 0 Å². The lowest BCUT2D eigenvalue weighted by Gasteiger charge is -2.22. The maximum absolute atomic E-state index is 12.1. The zero-order chi connectivity index (χ0) is 20.7. The molecule has 1 amide bonds. The van der Waals surface area contributed by atoms with Gasteiger partial charge in [-0.1, -0.05) is 13.8 Å². The van der Waals surface area contributed by atoms with Crippen LogP contribution in [0, 0.1) is 0 Å². The first-order valence-electron chi connectivity index (χ1n) is 9.37. The van der Waals surface area contributed by atoms with Crippen LogP contribution >= 0.6 is 0 Å². The summed E-state index contributed by atoms with van der Waals surface area (Å²) in [6.07, 6.45) is 0.908. The summed E-state index contributed by atoms with van der Waals surface area (Å²) in [6.45, 7) is 3.24. The van der Waals surface area contributed by atoms with E-state index in [1.54, 1.807) is 12.3 Å². The number of hydrogen-bond acceptors (Lipinski definition) is 7. The van der Waals surface area contributed by atoms with Crippen LogP contribution in [0.3, 0.4) is 0 Å². The number of ether oxygens (including phenoxy) is 3. The quantitative estimate of drug-likeness (QED) is 0.457. The molecule has 28 heavy (non-hydrogen) atoms. The van der Waals surface area contributed by atoms with E-state index in [1.807, 2.05) is 13.8 Å². The summed E-state index contributed by atoms with van der Waals surface area (Å²) in [7, 11) is 0. The standard InChI is InChI=1S/C19H26N2O7/c1-3-6-14(23)27-16-13(11-22)26-19(17(16)28-15(24)7-4-2)21-9-5-8-12(10-21)18(20)25/h5,8-10,13,16-17,19,22H,3-4,6-7,11H2,1-2H3,(H-,20,25)/p+1/t13-,16-,17-,19?/m1/s1. The number of aliphatic hydroxyl groups excluding tert-OH is 1. The Morgan fingerprint density at radius 3 is 2.29 bits per heavy atom. The van der Waals surface area contributed by atoms with Crippen LogP contribution in [0.1, 0.15) is 56.1 Å². The highest BCUT2D eigenvalue weighted by Gasteiger charge is 2.54. The van der Waals surface area contributed by atoms with Crippen molar-refractivity contribution in [1.29, 1.82) is 0 Å². The summed E-state index contributed by atoms with van der Waals surface area (Å²) in [5.74, 6) is -1.57. The number of amides is 1. The molecule has 9 heteroatoms. The Hall–Kier alpha value is -2.52. The van der Waals surface area contributed by atoms with Gasteiger partial charge in [0.2, 0.25) is 6.10 Å². The third-order valence-electron chi connectivity index (χ3n) is 4.31. The van der Waals surface area contributed by atoms with Crippen LogP contribution in [0.4, 0.5) is 0 Å². The van der Waals surface area contributed by atoms with Crippen molar-refractivity contribution in [1.82, 2.24) is 0 Å². The maximum atomic E-state index is 12.1. The molecule has 1 aromatic heterocycles. The smallest absolute Gasteiger partial charge is 0.306 e. The molecular weight excluding hydrogens is 368 g/mol. The summed E-state index contributed by atoms with van der Waals surface area (Å²) in [6, 6.07) is 3.13. The van der Waals surface area contributed by atoms with Crippen molar-refractivity contribution in [2.75, 3.05) is 6.61 Å². The molecule has 0 saturated carbocycles. The monoisotopic (exact) mass is 395 g/mol. The summed E-state index contributed by atoms with van der Waals surface area (Å²) >= 11 is 0. The largest absolute Gasteiger partial charge is 0.455 e. The number of pyridine rings is 1. The lowest BCUT2D eigenvalue weighted by molar-refractivity contribution is -0.765. The Labute approximate surface area is 163 Å². The van der Waals surface area contributed by atoms with Crippen LogP contribution in [0.15, 0.2) is 24.5 Å². The molecule has 154 valence electrons. The van der Waals surface area contributed by atoms with Gasteiger partial charge in [0.1, 0.15) is 11.7 Å². The number of carbonyl (C=O) groups is 3. The Bertz CT molecular complexity index is 709. The lowest BCUT2D eigenvalue weighted by Crippen LogP contribution is -2.49. The van der Waals surface area contributed by atoms with E-state index in [0.717, 1.165) is 0 Å². The van der Waals surface area contributed by atoms with Gasteiger partial charge in [-0.25, -0.2) is 0 Å². The van der Waals surface area contributed by atoms with E-state index in [-0.39, 0.29) is 18.4 Å². The fourth-order valence-corrected chi connectivity index (χ4v) is 2.99. The first-order valence-corrected chi connectivity index (χ1v) is 9.37. The van der Waals surface area contributed by atoms with Crippen LogP contribution in [-0.4, -0.2) is 47.9 Å². The number of aromatic nitrogens is 1. The van der Waals surface area contributed by atoms with E-state index in [4.69, 9.17) is 19.9 Å². The molecule has 0 radical (unpaired) electrons. The van der Waals surface area contributed by atoms with E-state index >= 15 is 0 Å². The highest BCUT2D eigenvalue weighted by Crippen LogP contribution is 2.31. The topological polar surface area (TPSA) is 129 Å². The zero-order valence-corrected chi connectivity index (χ0v) is 16.1. The van der Waals surface area contributed by atoms with E-state index in [9.17, 15) is 19.5 Å². The summed E-state index contributed by atoms with van der Waals surface area (Å²) in [5, 5.41) is 9.70. The number of carbonyl (C=O) groups excluding carboxylic acids is 3. The number of hydrogen-bond donors (Lipinski definition) is 2. The third-order valence-corrected chi connectivity index (χ3v) is 4.31. The number of esters is 2. The average molecular weight is 395 g/mol. The van der Waals surface area contributed by atoms with Crippen LogP contribution < -0.4 is 10.3 Å². The molecule has 3 N–H and O–H groups in total. The maximum Gasteiger partial charge on any atom is 0.306 e. The van der Waals surface area contributed by atoms with Crippen molar-refractivity contribution in [2.24, 2.45) is 5.73 Å². The molecule has 2 heterocycles. The van der Waals surface area contributed by atoms with E-state index in [2.05, 4.69) is 0 Å². The molecule has 1 aliphatic rings. The second kappa shape index (κ2) is 10.1. The minimum atomic E-state index is -0.981. The normalized spacial score (nSPS) is 24.0. The number of aliphatic hydroxyl groups is 1. The number of rotatable bonds is 9. The predicted molar refractivity (Wildman–Crippen MR) is 95.7 cm³/mol. The molecule has 0 bridgehead atoms. The van der Waals surface area contributed by atoms with Crippen LogP contribution in [-0.2, 0) is 23.8 Å². The van der Waals surface area contributed by atoms with Crippen LogP contribution in [0.5, 0.6) is 0 Å². The molecule has 0 spiro atoms. The molecule has 1 aliphatic heterocycles. The Balaban J connectivity index is 2.35. The highest BCUT2D eigenvalue weighted by molar-refractivity contribution is 5.92. The van der Waals surface area contributed by atoms with E-state index in [1.165, 1.54) is 16.8 Å². The van der Waals surface area contributed by atoms with Gasteiger partial charge >= 0.3 is 18.2 Å². The molecule has 1 fully saturated rings. The first kappa shape index (κ1) is 21.8. The minimum absolute atomic E-state index is 0.189. The lowest BCUT2D eigenvalue weighted by atomic mass is 10.1. The Morgan fingerprint density at radius 1 is 1.14 bits per heavy atom. The summed E-state index contributed by atoms with van der Waals surface area (Å²) in [4.78, 5) is 35.7. The van der Waals surface area contributed by atoms with Crippen molar-refractivity contribution >= 4 is 17.8 Å². The second-order valence-electron chi connectivity index (χ2n) is 6.56. The molecule has 9 nitrogen and oxygen atoms in total. The molecule has 1 saturated heterocycles. The molecule has 2 rings (SSSR count). The number of nitrogens with zero attached hydrogens (tertiary/aromatic N) is 1. The van der Waals surface area contributed by atoms with Gasteiger partial charge in [-0.15, -0.1) is 0 Å². The van der Waals surface area contributed by atoms with Crippen molar-refractivity contribution in [3.8, 4) is 0 Å². The van der Waals surface area contributed by atoms with Crippen molar-refractivity contribution in [2.45, 2.75) is 64.1 Å². The Kier molecular flexibility index (Phi) is 7.89. The SMILES string of the molecule is CCCC(=O)O[C@@H]1[C@@H](CO)OC([n+]2cccc(C(N)=O)c2)[C@@H]1OC(=O)CCC. The van der Waals surface area contributed by atoms with Gasteiger partial charge in [0, 0.05) is 18.9 Å². The van der Waals surface area contributed by atoms with Gasteiger partial charge < -0.3 is 25.1 Å². The fraction of sp³-hybridized carbons (Fsp3) is 0.579. The molecule has 0 aromatic carbocycles. The van der Waals surface area contributed by atoms with Gasteiger partial charge in [-0.05, 0) is 18.9 Å². The molecular formula is C19H27N2O7+. The summed E-state index contributed by atoms with van der Waals surface area (Å²) < 4.78 is 18.4. The molecule has 0 aliphatic carbocycles. The van der Waals surface area contributed by atoms with Crippen LogP contribution in [0.25, 0.3) is 0 Å². The summed E-state index contributed by atoms with van der Waals surface area (Å²) in [5.41, 5.74) is 5.56. The highest BCUT2D eigenvalue weighted by atomic mass is 16.6. The van der Waals surface area contributed by atoms with E-state index in [0.29, 0.717) is 12.8 Å². The van der Waals surface area contributed by atoms with Gasteiger partial charge in [0.25, 0.3) is 5.91 Å². The minimum Gasteiger partial charge on any atom is -0.455 e. The molecule has 1 unspecified atom stereocenters.